The molecule has 5 rings (SSSR count). The molecular formula is C37H34N4O5S2. The molecule has 1 aromatic heterocycles. The molecule has 0 saturated heterocycles. The van der Waals surface area contributed by atoms with Crippen LogP contribution in [0.15, 0.2) is 108 Å². The fourth-order valence-electron chi connectivity index (χ4n) is 4.66. The van der Waals surface area contributed by atoms with Crippen molar-refractivity contribution in [3.63, 3.8) is 0 Å². The van der Waals surface area contributed by atoms with Crippen LogP contribution in [0.1, 0.15) is 33.3 Å². The molecular weight excluding hydrogens is 645 g/mol. The Kier molecular flexibility index (Phi) is 10.9. The molecule has 0 saturated carbocycles. The van der Waals surface area contributed by atoms with Crippen LogP contribution in [0.25, 0.3) is 17.3 Å². The third-order valence-corrected chi connectivity index (χ3v) is 9.15. The van der Waals surface area contributed by atoms with Crippen LogP contribution in [-0.4, -0.2) is 40.2 Å². The summed E-state index contributed by atoms with van der Waals surface area (Å²) in [5.74, 6) is -0.935. The first kappa shape index (κ1) is 34.0. The molecule has 0 fully saturated rings. The maximum atomic E-state index is 13.6. The molecule has 0 radical (unpaired) electrons. The number of carbonyl (C=O) groups is 3. The number of methoxy groups -OCH3 is 1. The summed E-state index contributed by atoms with van der Waals surface area (Å²) in [4.78, 5) is 46.2. The Bertz CT molecular complexity index is 1970. The highest BCUT2D eigenvalue weighted by Crippen LogP contribution is 2.32. The van der Waals surface area contributed by atoms with Gasteiger partial charge in [0.1, 0.15) is 17.2 Å². The van der Waals surface area contributed by atoms with Gasteiger partial charge in [0.05, 0.1) is 18.1 Å². The van der Waals surface area contributed by atoms with Crippen LogP contribution < -0.4 is 20.7 Å². The quantitative estimate of drug-likeness (QED) is 0.0834. The number of ether oxygens (including phenoxy) is 1. The molecule has 48 heavy (non-hydrogen) atoms. The smallest absolute Gasteiger partial charge is 0.272 e. The van der Waals surface area contributed by atoms with Crippen LogP contribution in [-0.2, 0) is 9.59 Å². The van der Waals surface area contributed by atoms with Crippen molar-refractivity contribution in [2.75, 3.05) is 17.7 Å². The third-order valence-electron chi connectivity index (χ3n) is 7.17. The minimum absolute atomic E-state index is 0.00527. The monoisotopic (exact) mass is 678 g/mol. The lowest BCUT2D eigenvalue weighted by Crippen LogP contribution is -2.30. The Labute approximate surface area is 287 Å². The molecule has 9 nitrogen and oxygen atoms in total. The summed E-state index contributed by atoms with van der Waals surface area (Å²) in [5.41, 5.74) is 4.28. The number of hydrogen-bond acceptors (Lipinski definition) is 8. The second-order valence-electron chi connectivity index (χ2n) is 10.8. The Morgan fingerprint density at radius 1 is 0.917 bits per heavy atom. The second-order valence-corrected chi connectivity index (χ2v) is 13.4. The van der Waals surface area contributed by atoms with Gasteiger partial charge in [-0.2, -0.15) is 0 Å². The van der Waals surface area contributed by atoms with Crippen LogP contribution in [0, 0.1) is 13.8 Å². The molecule has 5 aromatic rings. The number of aryl methyl sites for hydroxylation is 2. The number of carbonyl (C=O) groups excluding carboxylic acids is 3. The van der Waals surface area contributed by atoms with E-state index in [1.165, 1.54) is 48.4 Å². The summed E-state index contributed by atoms with van der Waals surface area (Å²) in [6, 6.07) is 28.2. The van der Waals surface area contributed by atoms with Gasteiger partial charge in [0.25, 0.3) is 11.8 Å². The van der Waals surface area contributed by atoms with E-state index < -0.39 is 17.1 Å². The minimum atomic E-state index is -0.578. The second kappa shape index (κ2) is 15.5. The van der Waals surface area contributed by atoms with Gasteiger partial charge in [-0.1, -0.05) is 54.1 Å². The summed E-state index contributed by atoms with van der Waals surface area (Å²) < 4.78 is 5.37. The molecule has 0 bridgehead atoms. The van der Waals surface area contributed by atoms with Crippen LogP contribution >= 0.6 is 23.1 Å². The van der Waals surface area contributed by atoms with E-state index in [4.69, 9.17) is 4.74 Å². The predicted octanol–water partition coefficient (Wildman–Crippen LogP) is 7.67. The van der Waals surface area contributed by atoms with Crippen molar-refractivity contribution in [3.8, 4) is 22.8 Å². The maximum absolute atomic E-state index is 13.6. The average Bonchev–Trinajstić information content (AvgIpc) is 3.45. The molecule has 0 aliphatic heterocycles. The van der Waals surface area contributed by atoms with Crippen LogP contribution in [0.5, 0.6) is 11.5 Å². The molecule has 0 aliphatic carbocycles. The molecule has 4 aromatic carbocycles. The number of nitrogens with zero attached hydrogens (tertiary/aromatic N) is 1. The van der Waals surface area contributed by atoms with Crippen molar-refractivity contribution in [2.45, 2.75) is 30.9 Å². The van der Waals surface area contributed by atoms with Crippen LogP contribution in [0.3, 0.4) is 0 Å². The zero-order valence-electron chi connectivity index (χ0n) is 26.7. The van der Waals surface area contributed by atoms with E-state index >= 15 is 0 Å². The SMILES string of the molecule is COc1cc(O)ccc1/C=C(/NC(=O)c1ccccc1)C(=O)Nc1cccc(SC(C)C(=O)Nc2nc(-c3ccc(C)cc3)c(C)s2)c1. The molecule has 11 heteroatoms. The minimum Gasteiger partial charge on any atom is -0.508 e. The number of aromatic hydroxyl groups is 1. The molecule has 244 valence electrons. The van der Waals surface area contributed by atoms with E-state index in [1.807, 2.05) is 44.2 Å². The Balaban J connectivity index is 1.29. The first-order valence-corrected chi connectivity index (χ1v) is 16.7. The number of thiazole rings is 1. The summed E-state index contributed by atoms with van der Waals surface area (Å²) in [6.45, 7) is 5.82. The molecule has 1 unspecified atom stereocenters. The van der Waals surface area contributed by atoms with E-state index in [2.05, 4.69) is 20.9 Å². The highest BCUT2D eigenvalue weighted by atomic mass is 32.2. The highest BCUT2D eigenvalue weighted by molar-refractivity contribution is 8.00. The lowest BCUT2D eigenvalue weighted by molar-refractivity contribution is -0.115. The van der Waals surface area contributed by atoms with Gasteiger partial charge in [0, 0.05) is 38.2 Å². The molecule has 0 aliphatic rings. The number of phenolic OH excluding ortho intramolecular Hbond substituents is 1. The first-order chi connectivity index (χ1) is 23.1. The largest absolute Gasteiger partial charge is 0.508 e. The van der Waals surface area contributed by atoms with Crippen molar-refractivity contribution >= 4 is 57.7 Å². The molecule has 0 spiro atoms. The van der Waals surface area contributed by atoms with E-state index in [0.29, 0.717) is 27.7 Å². The van der Waals surface area contributed by atoms with E-state index in [9.17, 15) is 19.5 Å². The molecule has 1 atom stereocenters. The van der Waals surface area contributed by atoms with Crippen molar-refractivity contribution in [1.82, 2.24) is 10.3 Å². The molecule has 4 N–H and O–H groups in total. The first-order valence-electron chi connectivity index (χ1n) is 15.0. The van der Waals surface area contributed by atoms with Gasteiger partial charge in [0.2, 0.25) is 5.91 Å². The number of nitrogens with one attached hydrogen (secondary N) is 3. The molecule has 3 amide bonds. The van der Waals surface area contributed by atoms with Gasteiger partial charge < -0.3 is 25.8 Å². The number of benzene rings is 4. The van der Waals surface area contributed by atoms with Gasteiger partial charge in [-0.15, -0.1) is 23.1 Å². The molecule has 1 heterocycles. The summed E-state index contributed by atoms with van der Waals surface area (Å²) in [5, 5.41) is 18.4. The van der Waals surface area contributed by atoms with Crippen molar-refractivity contribution in [3.05, 3.63) is 124 Å². The number of aromatic nitrogens is 1. The lowest BCUT2D eigenvalue weighted by Gasteiger charge is -2.14. The summed E-state index contributed by atoms with van der Waals surface area (Å²) in [6.07, 6.45) is 1.48. The Morgan fingerprint density at radius 3 is 2.40 bits per heavy atom. The number of rotatable bonds is 11. The highest BCUT2D eigenvalue weighted by Gasteiger charge is 2.20. The maximum Gasteiger partial charge on any atom is 0.272 e. The van der Waals surface area contributed by atoms with Gasteiger partial charge in [-0.05, 0) is 69.3 Å². The van der Waals surface area contributed by atoms with E-state index in [0.717, 1.165) is 26.6 Å². The topological polar surface area (TPSA) is 130 Å². The normalized spacial score (nSPS) is 11.8. The van der Waals surface area contributed by atoms with Crippen LogP contribution in [0.4, 0.5) is 10.8 Å². The van der Waals surface area contributed by atoms with Crippen molar-refractivity contribution in [2.24, 2.45) is 0 Å². The number of hydrogen-bond donors (Lipinski definition) is 4. The summed E-state index contributed by atoms with van der Waals surface area (Å²) in [7, 11) is 1.44. The van der Waals surface area contributed by atoms with E-state index in [1.54, 1.807) is 61.5 Å². The number of phenols is 1. The Morgan fingerprint density at radius 2 is 1.67 bits per heavy atom. The zero-order valence-corrected chi connectivity index (χ0v) is 28.4. The van der Waals surface area contributed by atoms with Crippen LogP contribution in [0.2, 0.25) is 0 Å². The standard InChI is InChI=1S/C37H34N4O5S2/c1-22-13-15-25(16-14-22)33-23(2)48-37(40-33)41-34(43)24(3)47-30-12-8-11-28(20-30)38-36(45)31(39-35(44)26-9-6-5-7-10-26)19-27-17-18-29(42)21-32(27)46-4/h5-21,24,42H,1-4H3,(H,38,45)(H,39,44)(H,40,41,43)/b31-19+. The van der Waals surface area contributed by atoms with Gasteiger partial charge in [-0.3, -0.25) is 14.4 Å². The van der Waals surface area contributed by atoms with Gasteiger partial charge in [-0.25, -0.2) is 4.98 Å². The predicted molar refractivity (Wildman–Crippen MR) is 193 cm³/mol. The lowest BCUT2D eigenvalue weighted by atomic mass is 10.1. The summed E-state index contributed by atoms with van der Waals surface area (Å²) >= 11 is 2.76. The fourth-order valence-corrected chi connectivity index (χ4v) is 6.42. The fraction of sp³-hybridized carbons (Fsp3) is 0.135. The Hall–Kier alpha value is -5.39. The van der Waals surface area contributed by atoms with Crippen molar-refractivity contribution in [1.29, 1.82) is 0 Å². The van der Waals surface area contributed by atoms with E-state index in [-0.39, 0.29) is 17.4 Å². The average molecular weight is 679 g/mol. The van der Waals surface area contributed by atoms with Gasteiger partial charge >= 0.3 is 0 Å². The van der Waals surface area contributed by atoms with Gasteiger partial charge in [0.15, 0.2) is 5.13 Å². The number of anilines is 2. The van der Waals surface area contributed by atoms with Crippen molar-refractivity contribution < 1.29 is 24.2 Å². The number of thioether (sulfide) groups is 1. The number of amides is 3. The zero-order chi connectivity index (χ0) is 34.2. The third kappa shape index (κ3) is 8.69.